The summed E-state index contributed by atoms with van der Waals surface area (Å²) >= 11 is 0. The van der Waals surface area contributed by atoms with Crippen LogP contribution < -0.4 is 0 Å². The lowest BCUT2D eigenvalue weighted by molar-refractivity contribution is -0.385. The van der Waals surface area contributed by atoms with E-state index in [1.165, 1.54) is 23.6 Å². The number of piperidine rings is 1. The summed E-state index contributed by atoms with van der Waals surface area (Å²) in [6, 6.07) is 0. The zero-order valence-corrected chi connectivity index (χ0v) is 11.8. The van der Waals surface area contributed by atoms with E-state index in [-0.39, 0.29) is 23.6 Å². The monoisotopic (exact) mass is 296 g/mol. The van der Waals surface area contributed by atoms with E-state index in [0.29, 0.717) is 19.4 Å². The van der Waals surface area contributed by atoms with Crippen LogP contribution in [0, 0.1) is 23.0 Å². The third-order valence-electron chi connectivity index (χ3n) is 3.63. The molecular weight excluding hydrogens is 280 g/mol. The largest absolute Gasteiger partial charge is 0.481 e. The lowest BCUT2D eigenvalue weighted by Crippen LogP contribution is -2.43. The van der Waals surface area contributed by atoms with Crippen molar-refractivity contribution in [2.75, 3.05) is 13.1 Å². The molecule has 0 saturated carbocycles. The number of likely N-dealkylation sites (tertiary alicyclic amines) is 1. The number of hydrogen-bond donors (Lipinski definition) is 1. The van der Waals surface area contributed by atoms with Crippen LogP contribution in [0.2, 0.25) is 0 Å². The highest BCUT2D eigenvalue weighted by Crippen LogP contribution is 2.26. The molecule has 9 heteroatoms. The molecule has 2 heterocycles. The van der Waals surface area contributed by atoms with Crippen LogP contribution in [0.25, 0.3) is 0 Å². The first-order valence-corrected chi connectivity index (χ1v) is 6.53. The zero-order chi connectivity index (χ0) is 15.7. The summed E-state index contributed by atoms with van der Waals surface area (Å²) in [6.45, 7) is 1.92. The van der Waals surface area contributed by atoms with Crippen molar-refractivity contribution in [2.45, 2.75) is 19.8 Å². The molecule has 1 amide bonds. The van der Waals surface area contributed by atoms with E-state index in [1.807, 2.05) is 0 Å². The number of aliphatic carboxylic acids is 1. The van der Waals surface area contributed by atoms with Gasteiger partial charge in [-0.05, 0) is 19.8 Å². The number of carbonyl (C=O) groups is 2. The van der Waals surface area contributed by atoms with Gasteiger partial charge in [-0.1, -0.05) is 0 Å². The fraction of sp³-hybridized carbons (Fsp3) is 0.583. The van der Waals surface area contributed by atoms with Gasteiger partial charge < -0.3 is 10.0 Å². The normalized spacial score (nSPS) is 18.6. The number of hydrogen-bond acceptors (Lipinski definition) is 5. The Labute approximate surface area is 120 Å². The van der Waals surface area contributed by atoms with E-state index >= 15 is 0 Å². The molecule has 1 aliphatic heterocycles. The molecule has 1 saturated heterocycles. The van der Waals surface area contributed by atoms with E-state index < -0.39 is 22.7 Å². The molecule has 114 valence electrons. The highest BCUT2D eigenvalue weighted by Gasteiger charge is 2.35. The van der Waals surface area contributed by atoms with Crippen molar-refractivity contribution in [1.29, 1.82) is 0 Å². The maximum absolute atomic E-state index is 12.5. The number of nitro groups is 1. The number of rotatable bonds is 3. The Balaban J connectivity index is 2.32. The van der Waals surface area contributed by atoms with Crippen molar-refractivity contribution >= 4 is 17.6 Å². The van der Waals surface area contributed by atoms with Crippen LogP contribution in [0.1, 0.15) is 29.0 Å². The van der Waals surface area contributed by atoms with E-state index in [9.17, 15) is 19.7 Å². The molecule has 1 unspecified atom stereocenters. The minimum absolute atomic E-state index is 0.0650. The molecule has 21 heavy (non-hydrogen) atoms. The van der Waals surface area contributed by atoms with Gasteiger partial charge >= 0.3 is 11.7 Å². The van der Waals surface area contributed by atoms with Gasteiger partial charge in [-0.2, -0.15) is 5.10 Å². The molecule has 0 bridgehead atoms. The standard InChI is InChI=1S/C12H16N4O5/c1-7-9(16(20)21)10(14(2)13-7)11(17)15-5-3-4-8(6-15)12(18)19/h8H,3-6H2,1-2H3,(H,18,19). The van der Waals surface area contributed by atoms with Gasteiger partial charge in [0.1, 0.15) is 5.69 Å². The molecule has 1 fully saturated rings. The summed E-state index contributed by atoms with van der Waals surface area (Å²) in [4.78, 5) is 35.4. The third kappa shape index (κ3) is 2.71. The molecule has 1 N–H and O–H groups in total. The quantitative estimate of drug-likeness (QED) is 0.643. The number of aromatic nitrogens is 2. The fourth-order valence-corrected chi connectivity index (χ4v) is 2.62. The van der Waals surface area contributed by atoms with Gasteiger partial charge in [0.15, 0.2) is 0 Å². The van der Waals surface area contributed by atoms with Gasteiger partial charge in [0.25, 0.3) is 5.91 Å². The Hall–Kier alpha value is -2.45. The summed E-state index contributed by atoms with van der Waals surface area (Å²) in [5.74, 6) is -2.13. The van der Waals surface area contributed by atoms with Crippen LogP contribution in [0.15, 0.2) is 0 Å². The lowest BCUT2D eigenvalue weighted by Gasteiger charge is -2.30. The number of amides is 1. The SMILES string of the molecule is Cc1nn(C)c(C(=O)N2CCCC(C(=O)O)C2)c1[N+](=O)[O-]. The van der Waals surface area contributed by atoms with Crippen LogP contribution >= 0.6 is 0 Å². The number of carboxylic acids is 1. The zero-order valence-electron chi connectivity index (χ0n) is 11.8. The van der Waals surface area contributed by atoms with Crippen molar-refractivity contribution in [1.82, 2.24) is 14.7 Å². The van der Waals surface area contributed by atoms with E-state index in [2.05, 4.69) is 5.10 Å². The molecular formula is C12H16N4O5. The van der Waals surface area contributed by atoms with Crippen molar-refractivity contribution in [3.05, 3.63) is 21.5 Å². The third-order valence-corrected chi connectivity index (χ3v) is 3.63. The van der Waals surface area contributed by atoms with Crippen LogP contribution in [-0.2, 0) is 11.8 Å². The Kier molecular flexibility index (Phi) is 3.92. The molecule has 2 rings (SSSR count). The van der Waals surface area contributed by atoms with Crippen molar-refractivity contribution in [2.24, 2.45) is 13.0 Å². The summed E-state index contributed by atoms with van der Waals surface area (Å²) < 4.78 is 1.18. The summed E-state index contributed by atoms with van der Waals surface area (Å²) in [7, 11) is 1.46. The minimum atomic E-state index is -0.955. The van der Waals surface area contributed by atoms with Gasteiger partial charge in [-0.25, -0.2) is 0 Å². The van der Waals surface area contributed by atoms with Gasteiger partial charge in [0.2, 0.25) is 5.69 Å². The molecule has 1 aromatic heterocycles. The first-order valence-electron chi connectivity index (χ1n) is 6.53. The van der Waals surface area contributed by atoms with Gasteiger partial charge in [-0.3, -0.25) is 24.4 Å². The predicted molar refractivity (Wildman–Crippen MR) is 70.9 cm³/mol. The Morgan fingerprint density at radius 2 is 2.14 bits per heavy atom. The summed E-state index contributed by atoms with van der Waals surface area (Å²) in [5.41, 5.74) is -0.263. The highest BCUT2D eigenvalue weighted by atomic mass is 16.6. The minimum Gasteiger partial charge on any atom is -0.481 e. The number of aryl methyl sites for hydroxylation is 2. The molecule has 9 nitrogen and oxygen atoms in total. The first kappa shape index (κ1) is 14.9. The topological polar surface area (TPSA) is 119 Å². The second kappa shape index (κ2) is 5.51. The molecule has 0 aliphatic carbocycles. The average Bonchev–Trinajstić information content (AvgIpc) is 2.72. The van der Waals surface area contributed by atoms with Gasteiger partial charge in [0, 0.05) is 20.1 Å². The molecule has 1 aliphatic rings. The average molecular weight is 296 g/mol. The number of nitrogens with zero attached hydrogens (tertiary/aromatic N) is 4. The number of carboxylic acid groups (broad SMARTS) is 1. The molecule has 0 aromatic carbocycles. The Bertz CT molecular complexity index is 609. The van der Waals surface area contributed by atoms with Crippen LogP contribution in [0.3, 0.4) is 0 Å². The van der Waals surface area contributed by atoms with E-state index in [4.69, 9.17) is 5.11 Å². The highest BCUT2D eigenvalue weighted by molar-refractivity contribution is 5.97. The fourth-order valence-electron chi connectivity index (χ4n) is 2.62. The molecule has 1 atom stereocenters. The predicted octanol–water partition coefficient (Wildman–Crippen LogP) is 0.574. The molecule has 1 aromatic rings. The smallest absolute Gasteiger partial charge is 0.322 e. The van der Waals surface area contributed by atoms with E-state index in [1.54, 1.807) is 0 Å². The first-order chi connectivity index (χ1) is 9.82. The number of carbonyl (C=O) groups excluding carboxylic acids is 1. The van der Waals surface area contributed by atoms with Gasteiger partial charge in [-0.15, -0.1) is 0 Å². The van der Waals surface area contributed by atoms with Crippen molar-refractivity contribution in [3.63, 3.8) is 0 Å². The second-order valence-electron chi connectivity index (χ2n) is 5.09. The van der Waals surface area contributed by atoms with Crippen molar-refractivity contribution in [3.8, 4) is 0 Å². The summed E-state index contributed by atoms with van der Waals surface area (Å²) in [5, 5.41) is 24.1. The second-order valence-corrected chi connectivity index (χ2v) is 5.09. The van der Waals surface area contributed by atoms with Crippen LogP contribution in [-0.4, -0.2) is 49.7 Å². The maximum Gasteiger partial charge on any atom is 0.322 e. The van der Waals surface area contributed by atoms with Gasteiger partial charge in [0.05, 0.1) is 10.8 Å². The molecule has 0 spiro atoms. The molecule has 0 radical (unpaired) electrons. The Morgan fingerprint density at radius 3 is 2.71 bits per heavy atom. The Morgan fingerprint density at radius 1 is 1.48 bits per heavy atom. The van der Waals surface area contributed by atoms with Crippen molar-refractivity contribution < 1.29 is 19.6 Å². The summed E-state index contributed by atoms with van der Waals surface area (Å²) in [6.07, 6.45) is 1.07. The lowest BCUT2D eigenvalue weighted by atomic mass is 9.98. The van der Waals surface area contributed by atoms with Crippen LogP contribution in [0.4, 0.5) is 5.69 Å². The maximum atomic E-state index is 12.5. The van der Waals surface area contributed by atoms with E-state index in [0.717, 1.165) is 0 Å². The van der Waals surface area contributed by atoms with Crippen LogP contribution in [0.5, 0.6) is 0 Å².